The van der Waals surface area contributed by atoms with Gasteiger partial charge in [-0.3, -0.25) is 0 Å². The van der Waals surface area contributed by atoms with Crippen molar-refractivity contribution in [1.29, 1.82) is 0 Å². The Labute approximate surface area is 89.7 Å². The van der Waals surface area contributed by atoms with Crippen molar-refractivity contribution >= 4 is 11.3 Å². The molecule has 78 valence electrons. The molecule has 1 aliphatic rings. The standard InChI is InChI=1S/C11H18N2S/c1-13(6-5-12)8-10-7-9-3-2-4-11(9)14-10/h7H,2-6,8,12H2,1H3. The Balaban J connectivity index is 1.97. The molecule has 0 aliphatic heterocycles. The van der Waals surface area contributed by atoms with Gasteiger partial charge < -0.3 is 10.6 Å². The summed E-state index contributed by atoms with van der Waals surface area (Å²) in [7, 11) is 2.14. The lowest BCUT2D eigenvalue weighted by Gasteiger charge is -2.13. The van der Waals surface area contributed by atoms with Gasteiger partial charge in [-0.2, -0.15) is 0 Å². The molecule has 1 aromatic rings. The van der Waals surface area contributed by atoms with Crippen molar-refractivity contribution in [3.63, 3.8) is 0 Å². The average molecular weight is 210 g/mol. The van der Waals surface area contributed by atoms with Crippen molar-refractivity contribution in [3.05, 3.63) is 21.4 Å². The summed E-state index contributed by atoms with van der Waals surface area (Å²) in [4.78, 5) is 5.42. The Kier molecular flexibility index (Phi) is 3.21. The van der Waals surface area contributed by atoms with E-state index in [0.29, 0.717) is 0 Å². The number of rotatable bonds is 4. The Bertz CT molecular complexity index is 285. The summed E-state index contributed by atoms with van der Waals surface area (Å²) in [6.45, 7) is 2.80. The normalized spacial score (nSPS) is 15.1. The summed E-state index contributed by atoms with van der Waals surface area (Å²) < 4.78 is 0. The maximum atomic E-state index is 5.52. The van der Waals surface area contributed by atoms with Gasteiger partial charge in [0, 0.05) is 29.4 Å². The van der Waals surface area contributed by atoms with Crippen LogP contribution < -0.4 is 5.73 Å². The predicted molar refractivity (Wildman–Crippen MR) is 61.7 cm³/mol. The van der Waals surface area contributed by atoms with Crippen LogP contribution >= 0.6 is 11.3 Å². The van der Waals surface area contributed by atoms with Crippen LogP contribution in [0.1, 0.15) is 21.7 Å². The van der Waals surface area contributed by atoms with Gasteiger partial charge >= 0.3 is 0 Å². The van der Waals surface area contributed by atoms with Crippen LogP contribution in [-0.4, -0.2) is 25.0 Å². The molecule has 0 unspecified atom stereocenters. The third kappa shape index (κ3) is 2.16. The Morgan fingerprint density at radius 2 is 2.36 bits per heavy atom. The van der Waals surface area contributed by atoms with Crippen LogP contribution in [0.15, 0.2) is 6.07 Å². The number of nitrogens with zero attached hydrogens (tertiary/aromatic N) is 1. The maximum absolute atomic E-state index is 5.52. The van der Waals surface area contributed by atoms with Gasteiger partial charge in [0.05, 0.1) is 0 Å². The van der Waals surface area contributed by atoms with Gasteiger partial charge in [0.2, 0.25) is 0 Å². The van der Waals surface area contributed by atoms with Gasteiger partial charge in [0.15, 0.2) is 0 Å². The zero-order valence-electron chi connectivity index (χ0n) is 8.75. The summed E-state index contributed by atoms with van der Waals surface area (Å²) in [5.74, 6) is 0. The zero-order valence-corrected chi connectivity index (χ0v) is 9.57. The molecular weight excluding hydrogens is 192 g/mol. The molecule has 0 saturated heterocycles. The molecule has 0 spiro atoms. The Hall–Kier alpha value is -0.380. The monoisotopic (exact) mass is 210 g/mol. The van der Waals surface area contributed by atoms with Gasteiger partial charge in [-0.05, 0) is 37.9 Å². The smallest absolute Gasteiger partial charge is 0.0325 e. The van der Waals surface area contributed by atoms with E-state index >= 15 is 0 Å². The lowest BCUT2D eigenvalue weighted by molar-refractivity contribution is 0.339. The number of hydrogen-bond acceptors (Lipinski definition) is 3. The molecule has 1 heterocycles. The molecule has 0 amide bonds. The van der Waals surface area contributed by atoms with Crippen molar-refractivity contribution in [2.24, 2.45) is 5.73 Å². The van der Waals surface area contributed by atoms with Gasteiger partial charge in [-0.1, -0.05) is 0 Å². The van der Waals surface area contributed by atoms with E-state index in [4.69, 9.17) is 5.73 Å². The van der Waals surface area contributed by atoms with Crippen LogP contribution in [0.5, 0.6) is 0 Å². The molecular formula is C11H18N2S. The summed E-state index contributed by atoms with van der Waals surface area (Å²) >= 11 is 1.99. The number of thiophene rings is 1. The van der Waals surface area contributed by atoms with Gasteiger partial charge in [-0.15, -0.1) is 11.3 Å². The first kappa shape index (κ1) is 10.1. The van der Waals surface area contributed by atoms with Gasteiger partial charge in [0.25, 0.3) is 0 Å². The third-order valence-corrected chi connectivity index (χ3v) is 3.96. The fraction of sp³-hybridized carbons (Fsp3) is 0.636. The molecule has 0 fully saturated rings. The molecule has 3 heteroatoms. The highest BCUT2D eigenvalue weighted by molar-refractivity contribution is 7.12. The second-order valence-electron chi connectivity index (χ2n) is 4.04. The number of fused-ring (bicyclic) bond motifs is 1. The van der Waals surface area contributed by atoms with Crippen molar-refractivity contribution in [2.45, 2.75) is 25.8 Å². The molecule has 0 saturated carbocycles. The summed E-state index contributed by atoms with van der Waals surface area (Å²) in [5.41, 5.74) is 7.12. The minimum absolute atomic E-state index is 0.752. The van der Waals surface area contributed by atoms with Crippen LogP contribution in [0.3, 0.4) is 0 Å². The fourth-order valence-corrected chi connectivity index (χ4v) is 3.38. The maximum Gasteiger partial charge on any atom is 0.0325 e. The fourth-order valence-electron chi connectivity index (χ4n) is 2.03. The lowest BCUT2D eigenvalue weighted by Crippen LogP contribution is -2.24. The quantitative estimate of drug-likeness (QED) is 0.818. The molecule has 0 atom stereocenters. The van der Waals surface area contributed by atoms with E-state index < -0.39 is 0 Å². The van der Waals surface area contributed by atoms with E-state index in [1.54, 1.807) is 10.4 Å². The largest absolute Gasteiger partial charge is 0.329 e. The molecule has 2 N–H and O–H groups in total. The van der Waals surface area contributed by atoms with E-state index in [1.807, 2.05) is 11.3 Å². The minimum atomic E-state index is 0.752. The van der Waals surface area contributed by atoms with Crippen molar-refractivity contribution in [1.82, 2.24) is 4.90 Å². The van der Waals surface area contributed by atoms with Crippen molar-refractivity contribution in [2.75, 3.05) is 20.1 Å². The predicted octanol–water partition coefficient (Wildman–Crippen LogP) is 1.63. The SMILES string of the molecule is CN(CCN)Cc1cc2c(s1)CCC2. The first-order valence-electron chi connectivity index (χ1n) is 5.28. The first-order valence-corrected chi connectivity index (χ1v) is 6.10. The van der Waals surface area contributed by atoms with E-state index in [0.717, 1.165) is 19.6 Å². The van der Waals surface area contributed by atoms with Crippen LogP contribution in [0.25, 0.3) is 0 Å². The third-order valence-electron chi connectivity index (χ3n) is 2.73. The van der Waals surface area contributed by atoms with Gasteiger partial charge in [-0.25, -0.2) is 0 Å². The number of likely N-dealkylation sites (N-methyl/N-ethyl adjacent to an activating group) is 1. The molecule has 1 aromatic heterocycles. The summed E-state index contributed by atoms with van der Waals surface area (Å²) in [6, 6.07) is 2.39. The van der Waals surface area contributed by atoms with Gasteiger partial charge in [0.1, 0.15) is 0 Å². The van der Waals surface area contributed by atoms with E-state index in [-0.39, 0.29) is 0 Å². The van der Waals surface area contributed by atoms with Crippen LogP contribution in [0.2, 0.25) is 0 Å². The molecule has 2 nitrogen and oxygen atoms in total. The molecule has 14 heavy (non-hydrogen) atoms. The lowest BCUT2D eigenvalue weighted by atomic mass is 10.2. The van der Waals surface area contributed by atoms with Crippen LogP contribution in [0.4, 0.5) is 0 Å². The van der Waals surface area contributed by atoms with E-state index in [2.05, 4.69) is 18.0 Å². The topological polar surface area (TPSA) is 29.3 Å². The molecule has 1 aliphatic carbocycles. The van der Waals surface area contributed by atoms with E-state index in [1.165, 1.54) is 24.1 Å². The second kappa shape index (κ2) is 4.43. The highest BCUT2D eigenvalue weighted by atomic mass is 32.1. The number of aryl methyl sites for hydroxylation is 2. The minimum Gasteiger partial charge on any atom is -0.329 e. The van der Waals surface area contributed by atoms with Crippen molar-refractivity contribution in [3.8, 4) is 0 Å². The summed E-state index contributed by atoms with van der Waals surface area (Å²) in [5, 5.41) is 0. The first-order chi connectivity index (χ1) is 6.79. The zero-order chi connectivity index (χ0) is 9.97. The molecule has 0 aromatic carbocycles. The van der Waals surface area contributed by atoms with Crippen LogP contribution in [0, 0.1) is 0 Å². The average Bonchev–Trinajstić information content (AvgIpc) is 2.63. The van der Waals surface area contributed by atoms with Crippen molar-refractivity contribution < 1.29 is 0 Å². The highest BCUT2D eigenvalue weighted by Gasteiger charge is 2.14. The Morgan fingerprint density at radius 1 is 1.50 bits per heavy atom. The van der Waals surface area contributed by atoms with Crippen LogP contribution in [-0.2, 0) is 19.4 Å². The highest BCUT2D eigenvalue weighted by Crippen LogP contribution is 2.30. The molecule has 0 radical (unpaired) electrons. The number of nitrogens with two attached hydrogens (primary N) is 1. The molecule has 2 rings (SSSR count). The van der Waals surface area contributed by atoms with E-state index in [9.17, 15) is 0 Å². The summed E-state index contributed by atoms with van der Waals surface area (Å²) in [6.07, 6.45) is 3.97. The Morgan fingerprint density at radius 3 is 3.07 bits per heavy atom. The number of hydrogen-bond donors (Lipinski definition) is 1. The second-order valence-corrected chi connectivity index (χ2v) is 5.26. The molecule has 0 bridgehead atoms.